The highest BCUT2D eigenvalue weighted by atomic mass is 16.5. The third-order valence-corrected chi connectivity index (χ3v) is 4.03. The molecule has 0 spiro atoms. The molecule has 0 aliphatic heterocycles. The van der Waals surface area contributed by atoms with Crippen molar-refractivity contribution in [3.63, 3.8) is 0 Å². The van der Waals surface area contributed by atoms with Gasteiger partial charge in [0.15, 0.2) is 6.10 Å². The number of carbonyl (C=O) groups excluding carboxylic acids is 3. The molecule has 0 radical (unpaired) electrons. The molecule has 1 saturated carbocycles. The van der Waals surface area contributed by atoms with Gasteiger partial charge in [-0.3, -0.25) is 9.59 Å². The van der Waals surface area contributed by atoms with Gasteiger partial charge in [0.25, 0.3) is 5.91 Å². The summed E-state index contributed by atoms with van der Waals surface area (Å²) < 4.78 is 5.25. The van der Waals surface area contributed by atoms with Crippen LogP contribution in [0, 0.1) is 5.92 Å². The molecular formula is C19H26N2O4. The first-order chi connectivity index (χ1) is 11.9. The summed E-state index contributed by atoms with van der Waals surface area (Å²) in [5.74, 6) is -1.29. The quantitative estimate of drug-likeness (QED) is 0.700. The van der Waals surface area contributed by atoms with E-state index in [2.05, 4.69) is 10.6 Å². The van der Waals surface area contributed by atoms with Crippen LogP contribution < -0.4 is 10.6 Å². The van der Waals surface area contributed by atoms with Gasteiger partial charge in [-0.2, -0.15) is 0 Å². The largest absolute Gasteiger partial charge is 0.451 e. The van der Waals surface area contributed by atoms with Gasteiger partial charge in [-0.25, -0.2) is 4.79 Å². The van der Waals surface area contributed by atoms with E-state index in [1.807, 2.05) is 44.2 Å². The third kappa shape index (κ3) is 6.21. The molecule has 6 heteroatoms. The molecule has 2 rings (SSSR count). The molecule has 1 aliphatic rings. The minimum absolute atomic E-state index is 0.147. The molecule has 25 heavy (non-hydrogen) atoms. The lowest BCUT2D eigenvalue weighted by molar-refractivity contribution is -0.158. The second kappa shape index (κ2) is 8.65. The van der Waals surface area contributed by atoms with Gasteiger partial charge < -0.3 is 15.4 Å². The maximum absolute atomic E-state index is 12.4. The molecule has 0 bridgehead atoms. The Labute approximate surface area is 148 Å². The van der Waals surface area contributed by atoms with Crippen LogP contribution in [0.25, 0.3) is 0 Å². The molecule has 1 aromatic rings. The van der Waals surface area contributed by atoms with Crippen LogP contribution in [0.4, 0.5) is 0 Å². The first-order valence-electron chi connectivity index (χ1n) is 8.71. The van der Waals surface area contributed by atoms with Crippen LogP contribution in [0.3, 0.4) is 0 Å². The molecule has 1 fully saturated rings. The van der Waals surface area contributed by atoms with Crippen molar-refractivity contribution in [1.29, 1.82) is 0 Å². The summed E-state index contributed by atoms with van der Waals surface area (Å²) in [7, 11) is 0. The molecule has 2 amide bonds. The topological polar surface area (TPSA) is 84.5 Å². The molecule has 0 unspecified atom stereocenters. The van der Waals surface area contributed by atoms with Gasteiger partial charge in [0.1, 0.15) is 6.04 Å². The second-order valence-electron chi connectivity index (χ2n) is 6.81. The molecule has 0 heterocycles. The Kier molecular flexibility index (Phi) is 6.56. The van der Waals surface area contributed by atoms with Crippen LogP contribution in [0.1, 0.15) is 39.2 Å². The summed E-state index contributed by atoms with van der Waals surface area (Å²) in [6, 6.07) is 8.73. The highest BCUT2D eigenvalue weighted by Crippen LogP contribution is 2.19. The normalized spacial score (nSPS) is 16.0. The zero-order chi connectivity index (χ0) is 18.4. The standard InChI is InChI=1S/C19H26N2O4/c1-12(2)17(21-16(22)11-14-7-5-4-6-8-14)19(24)25-13(3)18(23)20-15-9-10-15/h4-8,12-13,15,17H,9-11H2,1-3H3,(H,20,23)(H,21,22)/t13-,17+/m1/s1. The van der Waals surface area contributed by atoms with Gasteiger partial charge in [-0.1, -0.05) is 44.2 Å². The van der Waals surface area contributed by atoms with Crippen molar-refractivity contribution in [2.24, 2.45) is 5.92 Å². The van der Waals surface area contributed by atoms with Gasteiger partial charge in [-0.05, 0) is 31.2 Å². The smallest absolute Gasteiger partial charge is 0.329 e. The summed E-state index contributed by atoms with van der Waals surface area (Å²) in [4.78, 5) is 36.5. The van der Waals surface area contributed by atoms with Crippen LogP contribution in [-0.2, 0) is 25.5 Å². The summed E-state index contributed by atoms with van der Waals surface area (Å²) in [6.45, 7) is 5.19. The van der Waals surface area contributed by atoms with E-state index >= 15 is 0 Å². The van der Waals surface area contributed by atoms with Crippen molar-refractivity contribution in [3.8, 4) is 0 Å². The fraction of sp³-hybridized carbons (Fsp3) is 0.526. The van der Waals surface area contributed by atoms with E-state index in [0.717, 1.165) is 18.4 Å². The highest BCUT2D eigenvalue weighted by Gasteiger charge is 2.31. The fourth-order valence-corrected chi connectivity index (χ4v) is 2.35. The minimum Gasteiger partial charge on any atom is -0.451 e. The minimum atomic E-state index is -0.875. The first kappa shape index (κ1) is 19.0. The van der Waals surface area contributed by atoms with Crippen molar-refractivity contribution in [2.75, 3.05) is 0 Å². The number of rotatable bonds is 8. The molecule has 2 N–H and O–H groups in total. The van der Waals surface area contributed by atoms with Gasteiger partial charge >= 0.3 is 5.97 Å². The second-order valence-corrected chi connectivity index (χ2v) is 6.81. The third-order valence-electron chi connectivity index (χ3n) is 4.03. The van der Waals surface area contributed by atoms with Crippen LogP contribution >= 0.6 is 0 Å². The van der Waals surface area contributed by atoms with Gasteiger partial charge in [0.2, 0.25) is 5.91 Å². The van der Waals surface area contributed by atoms with Crippen molar-refractivity contribution in [3.05, 3.63) is 35.9 Å². The van der Waals surface area contributed by atoms with Crippen molar-refractivity contribution in [1.82, 2.24) is 10.6 Å². The predicted molar refractivity (Wildman–Crippen MR) is 93.6 cm³/mol. The number of hydrogen-bond donors (Lipinski definition) is 2. The number of benzene rings is 1. The Balaban J connectivity index is 1.88. The van der Waals surface area contributed by atoms with E-state index in [1.54, 1.807) is 6.92 Å². The lowest BCUT2D eigenvalue weighted by atomic mass is 10.0. The number of carbonyl (C=O) groups is 3. The van der Waals surface area contributed by atoms with Crippen molar-refractivity contribution in [2.45, 2.75) is 58.2 Å². The molecule has 1 aliphatic carbocycles. The number of nitrogens with one attached hydrogen (secondary N) is 2. The van der Waals surface area contributed by atoms with Gasteiger partial charge in [0.05, 0.1) is 6.42 Å². The average Bonchev–Trinajstić information content (AvgIpc) is 3.37. The highest BCUT2D eigenvalue weighted by molar-refractivity contribution is 5.88. The predicted octanol–water partition coefficient (Wildman–Crippen LogP) is 1.58. The van der Waals surface area contributed by atoms with Crippen LogP contribution in [0.15, 0.2) is 30.3 Å². The lowest BCUT2D eigenvalue weighted by Crippen LogP contribution is -2.48. The Morgan fingerprint density at radius 3 is 2.32 bits per heavy atom. The number of esters is 1. The summed E-state index contributed by atoms with van der Waals surface area (Å²) >= 11 is 0. The van der Waals surface area contributed by atoms with Crippen LogP contribution in [0.5, 0.6) is 0 Å². The summed E-state index contributed by atoms with van der Waals surface area (Å²) in [6.07, 6.45) is 1.25. The van der Waals surface area contributed by atoms with Crippen molar-refractivity contribution >= 4 is 17.8 Å². The Morgan fingerprint density at radius 1 is 1.12 bits per heavy atom. The van der Waals surface area contributed by atoms with E-state index in [-0.39, 0.29) is 30.2 Å². The molecule has 0 aromatic heterocycles. The van der Waals surface area contributed by atoms with E-state index in [4.69, 9.17) is 4.74 Å². The lowest BCUT2D eigenvalue weighted by Gasteiger charge is -2.23. The Bertz CT molecular complexity index is 611. The van der Waals surface area contributed by atoms with Crippen LogP contribution in [0.2, 0.25) is 0 Å². The molecule has 0 saturated heterocycles. The summed E-state index contributed by atoms with van der Waals surface area (Å²) in [5.41, 5.74) is 0.869. The van der Waals surface area contributed by atoms with Crippen molar-refractivity contribution < 1.29 is 19.1 Å². The van der Waals surface area contributed by atoms with E-state index in [1.165, 1.54) is 0 Å². The monoisotopic (exact) mass is 346 g/mol. The first-order valence-corrected chi connectivity index (χ1v) is 8.71. The molecule has 6 nitrogen and oxygen atoms in total. The molecule has 136 valence electrons. The average molecular weight is 346 g/mol. The number of amides is 2. The molecular weight excluding hydrogens is 320 g/mol. The molecule has 2 atom stereocenters. The SMILES string of the molecule is CC(C)[C@H](NC(=O)Cc1ccccc1)C(=O)O[C@H](C)C(=O)NC1CC1. The fourth-order valence-electron chi connectivity index (χ4n) is 2.35. The van der Waals surface area contributed by atoms with Crippen LogP contribution in [-0.4, -0.2) is 36.0 Å². The number of ether oxygens (including phenoxy) is 1. The van der Waals surface area contributed by atoms with E-state index < -0.39 is 18.1 Å². The van der Waals surface area contributed by atoms with E-state index in [0.29, 0.717) is 0 Å². The summed E-state index contributed by atoms with van der Waals surface area (Å²) in [5, 5.41) is 5.51. The zero-order valence-corrected chi connectivity index (χ0v) is 15.0. The number of hydrogen-bond acceptors (Lipinski definition) is 4. The van der Waals surface area contributed by atoms with Gasteiger partial charge in [-0.15, -0.1) is 0 Å². The Hall–Kier alpha value is -2.37. The Morgan fingerprint density at radius 2 is 1.76 bits per heavy atom. The molecule has 1 aromatic carbocycles. The zero-order valence-electron chi connectivity index (χ0n) is 15.0. The maximum Gasteiger partial charge on any atom is 0.329 e. The maximum atomic E-state index is 12.4. The van der Waals surface area contributed by atoms with E-state index in [9.17, 15) is 14.4 Å². The van der Waals surface area contributed by atoms with Gasteiger partial charge in [0, 0.05) is 6.04 Å².